The molecule has 1 aromatic heterocycles. The summed E-state index contributed by atoms with van der Waals surface area (Å²) in [5.74, 6) is 1.63. The first-order valence-corrected chi connectivity index (χ1v) is 8.73. The molecule has 3 aliphatic rings. The summed E-state index contributed by atoms with van der Waals surface area (Å²) in [5, 5.41) is 17.9. The van der Waals surface area contributed by atoms with E-state index in [1.807, 2.05) is 9.47 Å². The van der Waals surface area contributed by atoms with Crippen molar-refractivity contribution in [3.05, 3.63) is 11.6 Å². The SMILES string of the molecule is O=C(c1nnc2n1CCCCC2)N1CCO[C@H]2C[C@H](CO)C[C@@H]21. The number of aliphatic hydroxyl groups excluding tert-OH is 1. The van der Waals surface area contributed by atoms with Gasteiger partial charge >= 0.3 is 0 Å². The Morgan fingerprint density at radius 2 is 2.13 bits per heavy atom. The normalized spacial score (nSPS) is 30.7. The molecular weight excluding hydrogens is 296 g/mol. The number of hydrogen-bond donors (Lipinski definition) is 1. The van der Waals surface area contributed by atoms with Crippen LogP contribution in [0.2, 0.25) is 0 Å². The third kappa shape index (κ3) is 2.65. The lowest BCUT2D eigenvalue weighted by Gasteiger charge is -2.37. The predicted molar refractivity (Wildman–Crippen MR) is 82.0 cm³/mol. The number of fused-ring (bicyclic) bond motifs is 2. The van der Waals surface area contributed by atoms with E-state index in [9.17, 15) is 9.90 Å². The van der Waals surface area contributed by atoms with Crippen LogP contribution in [0.3, 0.4) is 0 Å². The molecule has 1 saturated heterocycles. The lowest BCUT2D eigenvalue weighted by Crippen LogP contribution is -2.51. The Labute approximate surface area is 135 Å². The van der Waals surface area contributed by atoms with Gasteiger partial charge in [-0.1, -0.05) is 6.42 Å². The number of amides is 1. The van der Waals surface area contributed by atoms with Crippen LogP contribution in [0, 0.1) is 5.92 Å². The molecule has 0 aromatic carbocycles. The van der Waals surface area contributed by atoms with E-state index < -0.39 is 0 Å². The second kappa shape index (κ2) is 6.20. The summed E-state index contributed by atoms with van der Waals surface area (Å²) in [7, 11) is 0. The van der Waals surface area contributed by atoms with Crippen LogP contribution in [-0.4, -0.2) is 62.6 Å². The van der Waals surface area contributed by atoms with Crippen molar-refractivity contribution in [2.24, 2.45) is 5.92 Å². The molecular formula is C16H24N4O3. The Balaban J connectivity index is 1.58. The Bertz CT molecular complexity index is 588. The van der Waals surface area contributed by atoms with Gasteiger partial charge in [-0.15, -0.1) is 10.2 Å². The molecule has 1 aliphatic carbocycles. The van der Waals surface area contributed by atoms with E-state index in [-0.39, 0.29) is 30.6 Å². The maximum absolute atomic E-state index is 13.1. The molecule has 2 aliphatic heterocycles. The zero-order valence-corrected chi connectivity index (χ0v) is 13.4. The number of aryl methyl sites for hydroxylation is 1. The Hall–Kier alpha value is -1.47. The number of ether oxygens (including phenoxy) is 1. The van der Waals surface area contributed by atoms with Gasteiger partial charge in [0, 0.05) is 26.1 Å². The van der Waals surface area contributed by atoms with E-state index in [1.165, 1.54) is 6.42 Å². The Morgan fingerprint density at radius 3 is 3.00 bits per heavy atom. The highest BCUT2D eigenvalue weighted by Gasteiger charge is 2.43. The van der Waals surface area contributed by atoms with Crippen LogP contribution < -0.4 is 0 Å². The van der Waals surface area contributed by atoms with Crippen molar-refractivity contribution in [2.45, 2.75) is 57.2 Å². The molecule has 126 valence electrons. The summed E-state index contributed by atoms with van der Waals surface area (Å²) in [6.45, 7) is 2.16. The van der Waals surface area contributed by atoms with Crippen LogP contribution in [-0.2, 0) is 17.7 Å². The van der Waals surface area contributed by atoms with E-state index in [1.54, 1.807) is 0 Å². The molecule has 2 fully saturated rings. The van der Waals surface area contributed by atoms with Crippen molar-refractivity contribution < 1.29 is 14.6 Å². The van der Waals surface area contributed by atoms with Crippen molar-refractivity contribution in [3.8, 4) is 0 Å². The van der Waals surface area contributed by atoms with Gasteiger partial charge in [0.2, 0.25) is 5.82 Å². The minimum atomic E-state index is -0.0254. The maximum Gasteiger partial charge on any atom is 0.292 e. The van der Waals surface area contributed by atoms with E-state index in [0.29, 0.717) is 19.0 Å². The highest BCUT2D eigenvalue weighted by atomic mass is 16.5. The van der Waals surface area contributed by atoms with Crippen LogP contribution in [0.25, 0.3) is 0 Å². The predicted octanol–water partition coefficient (Wildman–Crippen LogP) is 0.616. The van der Waals surface area contributed by atoms with Crippen LogP contribution in [0.4, 0.5) is 0 Å². The van der Waals surface area contributed by atoms with Gasteiger partial charge in [-0.25, -0.2) is 0 Å². The van der Waals surface area contributed by atoms with Gasteiger partial charge in [-0.3, -0.25) is 4.79 Å². The third-order valence-electron chi connectivity index (χ3n) is 5.45. The number of aromatic nitrogens is 3. The summed E-state index contributed by atoms with van der Waals surface area (Å²) in [4.78, 5) is 15.0. The zero-order chi connectivity index (χ0) is 15.8. The zero-order valence-electron chi connectivity index (χ0n) is 13.4. The molecule has 7 nitrogen and oxygen atoms in total. The highest BCUT2D eigenvalue weighted by Crippen LogP contribution is 2.34. The molecule has 7 heteroatoms. The van der Waals surface area contributed by atoms with Crippen LogP contribution in [0.1, 0.15) is 48.5 Å². The summed E-state index contributed by atoms with van der Waals surface area (Å²) in [5.41, 5.74) is 0. The molecule has 0 radical (unpaired) electrons. The average molecular weight is 320 g/mol. The molecule has 1 N–H and O–H groups in total. The minimum absolute atomic E-state index is 0.0254. The minimum Gasteiger partial charge on any atom is -0.396 e. The molecule has 3 heterocycles. The number of hydrogen-bond acceptors (Lipinski definition) is 5. The first-order chi connectivity index (χ1) is 11.3. The van der Waals surface area contributed by atoms with Gasteiger partial charge in [0.05, 0.1) is 18.8 Å². The van der Waals surface area contributed by atoms with Crippen LogP contribution in [0.5, 0.6) is 0 Å². The molecule has 23 heavy (non-hydrogen) atoms. The number of carbonyl (C=O) groups excluding carboxylic acids is 1. The molecule has 1 saturated carbocycles. The van der Waals surface area contributed by atoms with Crippen LogP contribution in [0.15, 0.2) is 0 Å². The Morgan fingerprint density at radius 1 is 1.22 bits per heavy atom. The molecule has 0 bridgehead atoms. The number of aliphatic hydroxyl groups is 1. The third-order valence-corrected chi connectivity index (χ3v) is 5.45. The summed E-state index contributed by atoms with van der Waals surface area (Å²) in [6.07, 6.45) is 5.98. The summed E-state index contributed by atoms with van der Waals surface area (Å²) >= 11 is 0. The van der Waals surface area contributed by atoms with Gasteiger partial charge in [0.1, 0.15) is 5.82 Å². The molecule has 4 rings (SSSR count). The van der Waals surface area contributed by atoms with Crippen LogP contribution >= 0.6 is 0 Å². The quantitative estimate of drug-likeness (QED) is 0.864. The molecule has 0 unspecified atom stereocenters. The van der Waals surface area contributed by atoms with Crippen molar-refractivity contribution in [1.82, 2.24) is 19.7 Å². The number of rotatable bonds is 2. The topological polar surface area (TPSA) is 80.5 Å². The fraction of sp³-hybridized carbons (Fsp3) is 0.812. The van der Waals surface area contributed by atoms with E-state index in [4.69, 9.17) is 4.74 Å². The smallest absolute Gasteiger partial charge is 0.292 e. The fourth-order valence-electron chi connectivity index (χ4n) is 4.22. The lowest BCUT2D eigenvalue weighted by molar-refractivity contribution is -0.0454. The van der Waals surface area contributed by atoms with E-state index in [0.717, 1.165) is 44.5 Å². The van der Waals surface area contributed by atoms with Crippen molar-refractivity contribution in [2.75, 3.05) is 19.8 Å². The molecule has 1 aromatic rings. The molecule has 1 amide bonds. The number of carbonyl (C=O) groups is 1. The van der Waals surface area contributed by atoms with Crippen molar-refractivity contribution in [3.63, 3.8) is 0 Å². The first-order valence-electron chi connectivity index (χ1n) is 8.73. The molecule has 0 spiro atoms. The van der Waals surface area contributed by atoms with Crippen molar-refractivity contribution in [1.29, 1.82) is 0 Å². The summed E-state index contributed by atoms with van der Waals surface area (Å²) in [6, 6.07) is 0.0622. The lowest BCUT2D eigenvalue weighted by atomic mass is 10.1. The first kappa shape index (κ1) is 15.1. The van der Waals surface area contributed by atoms with E-state index >= 15 is 0 Å². The standard InChI is InChI=1S/C16H24N4O3/c21-10-11-8-12-13(9-11)23-7-6-19(12)16(22)15-18-17-14-4-2-1-3-5-20(14)15/h11-13,21H,1-10H2/t11-,12+,13+/m1/s1. The fourth-order valence-corrected chi connectivity index (χ4v) is 4.22. The summed E-state index contributed by atoms with van der Waals surface area (Å²) < 4.78 is 7.83. The van der Waals surface area contributed by atoms with Gasteiger partial charge in [-0.2, -0.15) is 0 Å². The average Bonchev–Trinajstić information content (AvgIpc) is 3.11. The molecule has 3 atom stereocenters. The second-order valence-electron chi connectivity index (χ2n) is 6.90. The Kier molecular flexibility index (Phi) is 4.07. The van der Waals surface area contributed by atoms with Gasteiger partial charge < -0.3 is 19.3 Å². The second-order valence-corrected chi connectivity index (χ2v) is 6.90. The monoisotopic (exact) mass is 320 g/mol. The van der Waals surface area contributed by atoms with Gasteiger partial charge in [0.25, 0.3) is 5.91 Å². The largest absolute Gasteiger partial charge is 0.396 e. The highest BCUT2D eigenvalue weighted by molar-refractivity contribution is 5.91. The maximum atomic E-state index is 13.1. The number of nitrogens with zero attached hydrogens (tertiary/aromatic N) is 4. The van der Waals surface area contributed by atoms with Gasteiger partial charge in [0.15, 0.2) is 0 Å². The number of morpholine rings is 1. The van der Waals surface area contributed by atoms with E-state index in [2.05, 4.69) is 10.2 Å². The van der Waals surface area contributed by atoms with Gasteiger partial charge in [-0.05, 0) is 31.6 Å². The van der Waals surface area contributed by atoms with Crippen molar-refractivity contribution >= 4 is 5.91 Å².